The number of benzene rings is 3. The number of nitrogens with zero attached hydrogens (tertiary/aromatic N) is 3. The topological polar surface area (TPSA) is 51.4 Å². The summed E-state index contributed by atoms with van der Waals surface area (Å²) >= 11 is 19.3. The zero-order valence-corrected chi connectivity index (χ0v) is 20.9. The highest BCUT2D eigenvalue weighted by molar-refractivity contribution is 9.11. The van der Waals surface area contributed by atoms with Crippen molar-refractivity contribution in [2.45, 2.75) is 6.61 Å². The Labute approximate surface area is 206 Å². The predicted octanol–water partition coefficient (Wildman–Crippen LogP) is 7.43. The Morgan fingerprint density at radius 2 is 1.84 bits per heavy atom. The van der Waals surface area contributed by atoms with E-state index < -0.39 is 0 Å². The minimum atomic E-state index is 0.314. The summed E-state index contributed by atoms with van der Waals surface area (Å²) in [7, 11) is 1.94. The molecule has 1 aromatic heterocycles. The molecule has 31 heavy (non-hydrogen) atoms. The summed E-state index contributed by atoms with van der Waals surface area (Å²) in [6, 6.07) is 17.1. The molecule has 9 heteroatoms. The van der Waals surface area contributed by atoms with Crippen molar-refractivity contribution < 1.29 is 4.74 Å². The number of nitrogens with one attached hydrogen (secondary N) is 1. The van der Waals surface area contributed by atoms with Gasteiger partial charge in [-0.1, -0.05) is 41.4 Å². The van der Waals surface area contributed by atoms with Gasteiger partial charge in [-0.2, -0.15) is 5.10 Å². The van der Waals surface area contributed by atoms with Gasteiger partial charge in [0, 0.05) is 22.7 Å². The van der Waals surface area contributed by atoms with Crippen LogP contribution in [-0.4, -0.2) is 15.8 Å². The lowest BCUT2D eigenvalue weighted by Gasteiger charge is -2.12. The Bertz CT molecular complexity index is 1270. The molecule has 0 fully saturated rings. The fourth-order valence-corrected chi connectivity index (χ4v) is 4.90. The third-order valence-corrected chi connectivity index (χ3v) is 6.34. The van der Waals surface area contributed by atoms with E-state index in [1.807, 2.05) is 54.1 Å². The number of hydrazone groups is 1. The van der Waals surface area contributed by atoms with Gasteiger partial charge in [-0.25, -0.2) is 10.4 Å². The monoisotopic (exact) mass is 580 g/mol. The number of aryl methyl sites for hydroxylation is 1. The highest BCUT2D eigenvalue weighted by Crippen LogP contribution is 2.35. The summed E-state index contributed by atoms with van der Waals surface area (Å²) in [6.45, 7) is 0.314. The summed E-state index contributed by atoms with van der Waals surface area (Å²) in [5.74, 6) is 1.34. The van der Waals surface area contributed by atoms with Crippen LogP contribution in [0.4, 0.5) is 5.95 Å². The number of halogens is 4. The smallest absolute Gasteiger partial charge is 0.224 e. The number of para-hydroxylation sites is 2. The van der Waals surface area contributed by atoms with Crippen LogP contribution in [0, 0.1) is 0 Å². The van der Waals surface area contributed by atoms with Gasteiger partial charge in [0.1, 0.15) is 12.4 Å². The number of anilines is 1. The van der Waals surface area contributed by atoms with E-state index in [1.54, 1.807) is 18.3 Å². The van der Waals surface area contributed by atoms with Gasteiger partial charge < -0.3 is 9.30 Å². The average molecular weight is 583 g/mol. The summed E-state index contributed by atoms with van der Waals surface area (Å²) < 4.78 is 9.49. The number of imidazole rings is 1. The zero-order valence-electron chi connectivity index (χ0n) is 16.2. The van der Waals surface area contributed by atoms with Gasteiger partial charge in [0.15, 0.2) is 0 Å². The second-order valence-electron chi connectivity index (χ2n) is 6.69. The molecule has 0 aliphatic rings. The number of hydrogen-bond acceptors (Lipinski definition) is 4. The van der Waals surface area contributed by atoms with Gasteiger partial charge in [0.05, 0.1) is 26.2 Å². The van der Waals surface area contributed by atoms with Gasteiger partial charge in [-0.3, -0.25) is 0 Å². The second-order valence-corrected chi connectivity index (χ2v) is 9.24. The molecule has 0 radical (unpaired) electrons. The maximum atomic E-state index is 6.23. The van der Waals surface area contributed by atoms with Crippen molar-refractivity contribution in [2.24, 2.45) is 12.1 Å². The molecule has 1 heterocycles. The van der Waals surface area contributed by atoms with E-state index in [1.165, 1.54) is 0 Å². The Balaban J connectivity index is 1.46. The molecule has 0 bridgehead atoms. The van der Waals surface area contributed by atoms with Gasteiger partial charge in [-0.15, -0.1) is 0 Å². The quantitative estimate of drug-likeness (QED) is 0.190. The van der Waals surface area contributed by atoms with E-state index in [0.717, 1.165) is 31.1 Å². The van der Waals surface area contributed by atoms with Crippen LogP contribution in [0.5, 0.6) is 5.75 Å². The Morgan fingerprint density at radius 1 is 1.10 bits per heavy atom. The highest BCUT2D eigenvalue weighted by Gasteiger charge is 2.11. The van der Waals surface area contributed by atoms with Crippen molar-refractivity contribution in [3.8, 4) is 5.75 Å². The van der Waals surface area contributed by atoms with Crippen LogP contribution in [0.3, 0.4) is 0 Å². The van der Waals surface area contributed by atoms with E-state index in [4.69, 9.17) is 27.9 Å². The van der Waals surface area contributed by atoms with Gasteiger partial charge >= 0.3 is 0 Å². The van der Waals surface area contributed by atoms with Crippen LogP contribution < -0.4 is 10.2 Å². The predicted molar refractivity (Wildman–Crippen MR) is 135 cm³/mol. The summed E-state index contributed by atoms with van der Waals surface area (Å²) in [5.41, 5.74) is 6.67. The molecule has 4 rings (SSSR count). The molecule has 0 unspecified atom stereocenters. The minimum Gasteiger partial charge on any atom is -0.486 e. The zero-order chi connectivity index (χ0) is 22.0. The number of fused-ring (bicyclic) bond motifs is 1. The van der Waals surface area contributed by atoms with Crippen molar-refractivity contribution in [1.29, 1.82) is 0 Å². The van der Waals surface area contributed by atoms with Crippen LogP contribution in [-0.2, 0) is 13.7 Å². The van der Waals surface area contributed by atoms with Crippen LogP contribution in [0.15, 0.2) is 68.6 Å². The van der Waals surface area contributed by atoms with Crippen LogP contribution >= 0.6 is 55.1 Å². The molecular formula is C22H16Br2Cl2N4O. The standard InChI is InChI=1S/C22H16Br2Cl2N4O/c1-30-20-5-3-2-4-19(20)28-22(30)29-27-11-13-8-16(23)21(17(24)9-13)31-12-14-6-7-15(25)10-18(14)26/h2-11H,12H2,1H3,(H,28,29)/b27-11-. The maximum Gasteiger partial charge on any atom is 0.224 e. The van der Waals surface area contributed by atoms with E-state index in [9.17, 15) is 0 Å². The molecule has 0 atom stereocenters. The number of ether oxygens (including phenoxy) is 1. The molecule has 0 aliphatic carbocycles. The second kappa shape index (κ2) is 9.61. The molecule has 158 valence electrons. The SMILES string of the molecule is Cn1c(N/N=C\c2cc(Br)c(OCc3ccc(Cl)cc3Cl)c(Br)c2)nc2ccccc21. The molecule has 0 saturated carbocycles. The van der Waals surface area contributed by atoms with Crippen LogP contribution in [0.2, 0.25) is 10.0 Å². The Morgan fingerprint density at radius 3 is 2.55 bits per heavy atom. The molecular weight excluding hydrogens is 567 g/mol. The molecule has 3 aromatic carbocycles. The van der Waals surface area contributed by atoms with Crippen molar-refractivity contribution in [2.75, 3.05) is 5.43 Å². The summed E-state index contributed by atoms with van der Waals surface area (Å²) in [6.07, 6.45) is 1.72. The largest absolute Gasteiger partial charge is 0.486 e. The third-order valence-electron chi connectivity index (χ3n) is 4.57. The van der Waals surface area contributed by atoms with E-state index in [-0.39, 0.29) is 0 Å². The average Bonchev–Trinajstić information content (AvgIpc) is 3.05. The van der Waals surface area contributed by atoms with Crippen molar-refractivity contribution >= 4 is 78.3 Å². The molecule has 0 spiro atoms. The lowest BCUT2D eigenvalue weighted by molar-refractivity contribution is 0.302. The summed E-state index contributed by atoms with van der Waals surface area (Å²) in [5, 5.41) is 5.48. The number of hydrogen-bond donors (Lipinski definition) is 1. The normalized spacial score (nSPS) is 11.4. The Kier molecular flexibility index (Phi) is 6.86. The van der Waals surface area contributed by atoms with Crippen LogP contribution in [0.1, 0.15) is 11.1 Å². The van der Waals surface area contributed by atoms with Gasteiger partial charge in [-0.05, 0) is 73.8 Å². The lowest BCUT2D eigenvalue weighted by Crippen LogP contribution is -2.00. The van der Waals surface area contributed by atoms with Crippen molar-refractivity contribution in [1.82, 2.24) is 9.55 Å². The maximum absolute atomic E-state index is 6.23. The molecule has 0 amide bonds. The third kappa shape index (κ3) is 5.06. The molecule has 5 nitrogen and oxygen atoms in total. The van der Waals surface area contributed by atoms with Crippen molar-refractivity contribution in [3.05, 3.63) is 84.7 Å². The first kappa shape index (κ1) is 22.1. The molecule has 0 aliphatic heterocycles. The first-order valence-corrected chi connectivity index (χ1v) is 11.5. The van der Waals surface area contributed by atoms with Crippen molar-refractivity contribution in [3.63, 3.8) is 0 Å². The molecule has 4 aromatic rings. The van der Waals surface area contributed by atoms with E-state index in [2.05, 4.69) is 47.4 Å². The summed E-state index contributed by atoms with van der Waals surface area (Å²) in [4.78, 5) is 4.54. The Hall–Kier alpha value is -2.06. The lowest BCUT2D eigenvalue weighted by atomic mass is 10.2. The highest BCUT2D eigenvalue weighted by atomic mass is 79.9. The van der Waals surface area contributed by atoms with Gasteiger partial charge in [0.2, 0.25) is 5.95 Å². The van der Waals surface area contributed by atoms with Gasteiger partial charge in [0.25, 0.3) is 0 Å². The number of aromatic nitrogens is 2. The molecule has 1 N–H and O–H groups in total. The first-order chi connectivity index (χ1) is 14.9. The number of rotatable bonds is 6. The van der Waals surface area contributed by atoms with E-state index in [0.29, 0.717) is 28.3 Å². The minimum absolute atomic E-state index is 0.314. The first-order valence-electron chi connectivity index (χ1n) is 9.18. The molecule has 0 saturated heterocycles. The van der Waals surface area contributed by atoms with E-state index >= 15 is 0 Å². The fourth-order valence-electron chi connectivity index (χ4n) is 2.99. The fraction of sp³-hybridized carbons (Fsp3) is 0.0909. The van der Waals surface area contributed by atoms with Crippen LogP contribution in [0.25, 0.3) is 11.0 Å².